The first-order valence-electron chi connectivity index (χ1n) is 10.1. The number of rotatable bonds is 14. The Bertz CT molecular complexity index is 627. The third-order valence-corrected chi connectivity index (χ3v) is 5.09. The maximum Gasteiger partial charge on any atom is 0.326 e. The van der Waals surface area contributed by atoms with E-state index in [-0.39, 0.29) is 31.2 Å². The standard InChI is InChI=1S/C19H35N5O6/c1-5-10(3)15(23-14(26)9-20)18(28)22-12(7-8-13(21)25)17(27)24-16(19(29)30)11(4)6-2/h10-12,15-16H,5-9,20H2,1-4H3,(H2,21,25)(H,22,28)(H,23,26)(H,24,27)(H,29,30). The fraction of sp³-hybridized carbons (Fsp3) is 0.737. The molecule has 0 saturated heterocycles. The van der Waals surface area contributed by atoms with Crippen LogP contribution < -0.4 is 27.4 Å². The summed E-state index contributed by atoms with van der Waals surface area (Å²) >= 11 is 0. The second-order valence-corrected chi connectivity index (χ2v) is 7.41. The molecule has 0 aliphatic rings. The molecule has 0 spiro atoms. The molecule has 11 nitrogen and oxygen atoms in total. The minimum Gasteiger partial charge on any atom is -0.480 e. The molecule has 11 heteroatoms. The number of carboxylic acids is 1. The van der Waals surface area contributed by atoms with Crippen LogP contribution in [-0.4, -0.2) is 59.4 Å². The van der Waals surface area contributed by atoms with Crippen LogP contribution in [-0.2, 0) is 24.0 Å². The van der Waals surface area contributed by atoms with Crippen molar-refractivity contribution in [2.24, 2.45) is 23.3 Å². The van der Waals surface area contributed by atoms with Gasteiger partial charge in [0.2, 0.25) is 23.6 Å². The van der Waals surface area contributed by atoms with Gasteiger partial charge in [-0.1, -0.05) is 40.5 Å². The molecular weight excluding hydrogens is 394 g/mol. The quantitative estimate of drug-likeness (QED) is 0.200. The van der Waals surface area contributed by atoms with Crippen molar-refractivity contribution < 1.29 is 29.1 Å². The van der Waals surface area contributed by atoms with E-state index in [1.165, 1.54) is 0 Å². The molecule has 5 unspecified atom stereocenters. The van der Waals surface area contributed by atoms with Crippen LogP contribution in [0.4, 0.5) is 0 Å². The van der Waals surface area contributed by atoms with Gasteiger partial charge in [0, 0.05) is 6.42 Å². The Morgan fingerprint density at radius 3 is 1.83 bits per heavy atom. The monoisotopic (exact) mass is 429 g/mol. The Labute approximate surface area is 176 Å². The van der Waals surface area contributed by atoms with E-state index in [1.54, 1.807) is 20.8 Å². The highest BCUT2D eigenvalue weighted by Crippen LogP contribution is 2.11. The van der Waals surface area contributed by atoms with Gasteiger partial charge in [-0.25, -0.2) is 4.79 Å². The van der Waals surface area contributed by atoms with Crippen LogP contribution in [0.2, 0.25) is 0 Å². The predicted octanol–water partition coefficient (Wildman–Crippen LogP) is -1.16. The molecule has 0 aromatic carbocycles. The molecule has 172 valence electrons. The Morgan fingerprint density at radius 2 is 1.40 bits per heavy atom. The Morgan fingerprint density at radius 1 is 0.867 bits per heavy atom. The summed E-state index contributed by atoms with van der Waals surface area (Å²) in [6.45, 7) is 6.75. The molecule has 30 heavy (non-hydrogen) atoms. The van der Waals surface area contributed by atoms with E-state index in [9.17, 15) is 29.1 Å². The van der Waals surface area contributed by atoms with Gasteiger partial charge >= 0.3 is 5.97 Å². The van der Waals surface area contributed by atoms with Crippen LogP contribution in [0, 0.1) is 11.8 Å². The second-order valence-electron chi connectivity index (χ2n) is 7.41. The highest BCUT2D eigenvalue weighted by Gasteiger charge is 2.32. The number of aliphatic carboxylic acids is 1. The lowest BCUT2D eigenvalue weighted by Crippen LogP contribution is -2.58. The molecule has 0 bridgehead atoms. The van der Waals surface area contributed by atoms with E-state index >= 15 is 0 Å². The van der Waals surface area contributed by atoms with Gasteiger partial charge in [0.15, 0.2) is 0 Å². The molecule has 8 N–H and O–H groups in total. The molecule has 0 aromatic heterocycles. The number of carbonyl (C=O) groups is 5. The molecule has 0 aliphatic carbocycles. The van der Waals surface area contributed by atoms with Crippen molar-refractivity contribution in [3.05, 3.63) is 0 Å². The molecule has 0 radical (unpaired) electrons. The topological polar surface area (TPSA) is 194 Å². The number of hydrogen-bond acceptors (Lipinski definition) is 6. The number of primary amides is 1. The van der Waals surface area contributed by atoms with E-state index < -0.39 is 47.7 Å². The molecule has 0 saturated carbocycles. The fourth-order valence-corrected chi connectivity index (χ4v) is 2.69. The minimum absolute atomic E-state index is 0.113. The number of carbonyl (C=O) groups excluding carboxylic acids is 4. The number of carboxylic acid groups (broad SMARTS) is 1. The Hall–Kier alpha value is -2.69. The molecule has 0 rings (SSSR count). The lowest BCUT2D eigenvalue weighted by molar-refractivity contribution is -0.144. The first-order valence-corrected chi connectivity index (χ1v) is 10.1. The molecular formula is C19H35N5O6. The Balaban J connectivity index is 5.54. The van der Waals surface area contributed by atoms with Crippen molar-refractivity contribution in [1.29, 1.82) is 0 Å². The van der Waals surface area contributed by atoms with Gasteiger partial charge in [-0.2, -0.15) is 0 Å². The zero-order valence-corrected chi connectivity index (χ0v) is 18.1. The van der Waals surface area contributed by atoms with Crippen molar-refractivity contribution in [3.8, 4) is 0 Å². The highest BCUT2D eigenvalue weighted by atomic mass is 16.4. The van der Waals surface area contributed by atoms with Crippen LogP contribution >= 0.6 is 0 Å². The molecule has 0 aliphatic heterocycles. The van der Waals surface area contributed by atoms with E-state index in [2.05, 4.69) is 16.0 Å². The fourth-order valence-electron chi connectivity index (χ4n) is 2.69. The summed E-state index contributed by atoms with van der Waals surface area (Å²) in [5, 5.41) is 16.8. The average Bonchev–Trinajstić information content (AvgIpc) is 2.70. The van der Waals surface area contributed by atoms with Crippen LogP contribution in [0.1, 0.15) is 53.4 Å². The van der Waals surface area contributed by atoms with E-state index in [0.717, 1.165) is 0 Å². The zero-order chi connectivity index (χ0) is 23.4. The van der Waals surface area contributed by atoms with E-state index in [1.807, 2.05) is 6.92 Å². The maximum absolute atomic E-state index is 12.8. The summed E-state index contributed by atoms with van der Waals surface area (Å²) in [4.78, 5) is 59.9. The van der Waals surface area contributed by atoms with Gasteiger partial charge in [0.25, 0.3) is 0 Å². The summed E-state index contributed by atoms with van der Waals surface area (Å²) in [7, 11) is 0. The van der Waals surface area contributed by atoms with Gasteiger partial charge in [-0.05, 0) is 18.3 Å². The third-order valence-electron chi connectivity index (χ3n) is 5.09. The Kier molecular flexibility index (Phi) is 12.3. The third kappa shape index (κ3) is 9.21. The first kappa shape index (κ1) is 27.3. The molecule has 0 aromatic rings. The highest BCUT2D eigenvalue weighted by molar-refractivity contribution is 5.94. The van der Waals surface area contributed by atoms with E-state index in [0.29, 0.717) is 12.8 Å². The zero-order valence-electron chi connectivity index (χ0n) is 18.1. The summed E-state index contributed by atoms with van der Waals surface area (Å²) in [5.74, 6) is -4.39. The molecule has 4 amide bonds. The summed E-state index contributed by atoms with van der Waals surface area (Å²) in [6.07, 6.45) is 0.771. The normalized spacial score (nSPS) is 15.8. The largest absolute Gasteiger partial charge is 0.480 e. The summed E-state index contributed by atoms with van der Waals surface area (Å²) in [5.41, 5.74) is 10.5. The van der Waals surface area contributed by atoms with Crippen LogP contribution in [0.3, 0.4) is 0 Å². The summed E-state index contributed by atoms with van der Waals surface area (Å²) in [6, 6.07) is -3.30. The van der Waals surface area contributed by atoms with Gasteiger partial charge in [0.1, 0.15) is 18.1 Å². The number of hydrogen-bond donors (Lipinski definition) is 6. The van der Waals surface area contributed by atoms with E-state index in [4.69, 9.17) is 11.5 Å². The van der Waals surface area contributed by atoms with Crippen molar-refractivity contribution in [1.82, 2.24) is 16.0 Å². The SMILES string of the molecule is CCC(C)C(NC(=O)C(CCC(N)=O)NC(=O)C(NC(=O)CN)C(C)CC)C(=O)O. The van der Waals surface area contributed by atoms with Gasteiger partial charge in [0.05, 0.1) is 6.54 Å². The van der Waals surface area contributed by atoms with Crippen molar-refractivity contribution in [3.63, 3.8) is 0 Å². The first-order chi connectivity index (χ1) is 14.0. The lowest BCUT2D eigenvalue weighted by atomic mass is 9.96. The molecule has 0 heterocycles. The molecule has 0 fully saturated rings. The predicted molar refractivity (Wildman–Crippen MR) is 110 cm³/mol. The number of nitrogens with one attached hydrogen (secondary N) is 3. The smallest absolute Gasteiger partial charge is 0.326 e. The summed E-state index contributed by atoms with van der Waals surface area (Å²) < 4.78 is 0. The average molecular weight is 430 g/mol. The van der Waals surface area contributed by atoms with Crippen molar-refractivity contribution in [2.75, 3.05) is 6.54 Å². The van der Waals surface area contributed by atoms with Crippen LogP contribution in [0.15, 0.2) is 0 Å². The van der Waals surface area contributed by atoms with Gasteiger partial charge in [-0.15, -0.1) is 0 Å². The minimum atomic E-state index is -1.20. The van der Waals surface area contributed by atoms with Gasteiger partial charge < -0.3 is 32.5 Å². The second kappa shape index (κ2) is 13.5. The lowest BCUT2D eigenvalue weighted by Gasteiger charge is -2.27. The van der Waals surface area contributed by atoms with Crippen LogP contribution in [0.5, 0.6) is 0 Å². The van der Waals surface area contributed by atoms with Crippen molar-refractivity contribution >= 4 is 29.6 Å². The van der Waals surface area contributed by atoms with Crippen molar-refractivity contribution in [2.45, 2.75) is 71.5 Å². The molecule has 5 atom stereocenters. The maximum atomic E-state index is 12.8. The number of amides is 4. The van der Waals surface area contributed by atoms with Crippen LogP contribution in [0.25, 0.3) is 0 Å². The number of nitrogens with two attached hydrogens (primary N) is 2. The van der Waals surface area contributed by atoms with Gasteiger partial charge in [-0.3, -0.25) is 19.2 Å².